The molecule has 0 spiro atoms. The number of aromatic nitrogens is 3. The van der Waals surface area contributed by atoms with Crippen molar-refractivity contribution in [3.8, 4) is 0 Å². The number of carbonyl (C=O) groups is 3. The predicted molar refractivity (Wildman–Crippen MR) is 96.0 cm³/mol. The van der Waals surface area contributed by atoms with E-state index in [4.69, 9.17) is 0 Å². The van der Waals surface area contributed by atoms with Gasteiger partial charge in [-0.3, -0.25) is 15.4 Å². The number of esters is 1. The molecule has 28 heavy (non-hydrogen) atoms. The smallest absolute Gasteiger partial charge is 0.339 e. The minimum absolute atomic E-state index is 0.116. The molecule has 0 fully saturated rings. The number of methoxy groups -OCH3 is 1. The molecule has 3 amide bonds. The lowest BCUT2D eigenvalue weighted by Crippen LogP contribution is -2.35. The summed E-state index contributed by atoms with van der Waals surface area (Å²) in [5, 5.41) is 4.44. The maximum atomic E-state index is 12.5. The van der Waals surface area contributed by atoms with E-state index in [2.05, 4.69) is 30.3 Å². The lowest BCUT2D eigenvalue weighted by molar-refractivity contribution is -0.114. The third-order valence-electron chi connectivity index (χ3n) is 3.07. The number of hydrogen-bond donors (Lipinski definition) is 3. The summed E-state index contributed by atoms with van der Waals surface area (Å²) in [7, 11) is -3.31. The largest absolute Gasteiger partial charge is 0.465 e. The number of carbonyl (C=O) groups excluding carboxylic acids is 3. The Bertz CT molecular complexity index is 1040. The van der Waals surface area contributed by atoms with E-state index in [-0.39, 0.29) is 23.3 Å². The van der Waals surface area contributed by atoms with E-state index < -0.39 is 32.8 Å². The van der Waals surface area contributed by atoms with Crippen molar-refractivity contribution in [2.45, 2.75) is 18.7 Å². The third kappa shape index (κ3) is 5.20. The van der Waals surface area contributed by atoms with Gasteiger partial charge in [0.2, 0.25) is 17.8 Å². The molecule has 0 atom stereocenters. The van der Waals surface area contributed by atoms with Crippen LogP contribution in [0.5, 0.6) is 0 Å². The topological polar surface area (TPSA) is 169 Å². The Morgan fingerprint density at radius 1 is 1.00 bits per heavy atom. The van der Waals surface area contributed by atoms with Crippen LogP contribution in [0.15, 0.2) is 29.2 Å². The zero-order chi connectivity index (χ0) is 20.9. The van der Waals surface area contributed by atoms with E-state index >= 15 is 0 Å². The summed E-state index contributed by atoms with van der Waals surface area (Å²) in [5.74, 6) is -1.55. The van der Waals surface area contributed by atoms with Gasteiger partial charge in [0.15, 0.2) is 0 Å². The highest BCUT2D eigenvalue weighted by Crippen LogP contribution is 2.16. The second-order valence-electron chi connectivity index (χ2n) is 5.26. The SMILES string of the molecule is COC(=O)c1ccccc1S(=O)(=O)NC(=O)Nc1nc(C)nc(NC(C)=O)n1. The minimum Gasteiger partial charge on any atom is -0.465 e. The monoisotopic (exact) mass is 408 g/mol. The summed E-state index contributed by atoms with van der Waals surface area (Å²) in [4.78, 5) is 45.9. The molecule has 0 aliphatic heterocycles. The van der Waals surface area contributed by atoms with Crippen LogP contribution in [0.1, 0.15) is 23.1 Å². The number of benzene rings is 1. The molecule has 148 valence electrons. The first kappa shape index (κ1) is 20.7. The van der Waals surface area contributed by atoms with Gasteiger partial charge in [-0.05, 0) is 19.1 Å². The van der Waals surface area contributed by atoms with Gasteiger partial charge in [0.05, 0.1) is 12.7 Å². The van der Waals surface area contributed by atoms with Gasteiger partial charge in [0, 0.05) is 6.92 Å². The molecule has 2 aromatic rings. The van der Waals surface area contributed by atoms with Crippen LogP contribution < -0.4 is 15.4 Å². The highest BCUT2D eigenvalue weighted by molar-refractivity contribution is 7.90. The van der Waals surface area contributed by atoms with Crippen LogP contribution in [0.3, 0.4) is 0 Å². The van der Waals surface area contributed by atoms with Crippen molar-refractivity contribution < 1.29 is 27.5 Å². The van der Waals surface area contributed by atoms with E-state index in [9.17, 15) is 22.8 Å². The number of nitrogens with one attached hydrogen (secondary N) is 3. The van der Waals surface area contributed by atoms with Crippen molar-refractivity contribution in [1.82, 2.24) is 19.7 Å². The summed E-state index contributed by atoms with van der Waals surface area (Å²) in [6.45, 7) is 2.73. The molecule has 3 N–H and O–H groups in total. The van der Waals surface area contributed by atoms with Crippen LogP contribution in [0.25, 0.3) is 0 Å². The number of ether oxygens (including phenoxy) is 1. The summed E-state index contributed by atoms with van der Waals surface area (Å²) < 4.78 is 31.2. The van der Waals surface area contributed by atoms with E-state index in [1.807, 2.05) is 0 Å². The van der Waals surface area contributed by atoms with Gasteiger partial charge >= 0.3 is 12.0 Å². The number of anilines is 2. The van der Waals surface area contributed by atoms with Crippen LogP contribution in [0.2, 0.25) is 0 Å². The molecule has 1 aromatic heterocycles. The second-order valence-corrected chi connectivity index (χ2v) is 6.91. The molecular formula is C15H16N6O6S. The van der Waals surface area contributed by atoms with E-state index in [1.54, 1.807) is 4.72 Å². The second kappa shape index (κ2) is 8.39. The number of rotatable bonds is 5. The Hall–Kier alpha value is -3.61. The van der Waals surface area contributed by atoms with Crippen molar-refractivity contribution in [2.75, 3.05) is 17.7 Å². The van der Waals surface area contributed by atoms with Gasteiger partial charge in [-0.25, -0.2) is 22.7 Å². The van der Waals surface area contributed by atoms with E-state index in [1.165, 1.54) is 32.0 Å². The Labute approximate surface area is 159 Å². The molecule has 2 rings (SSSR count). The van der Waals surface area contributed by atoms with Gasteiger partial charge < -0.3 is 4.74 Å². The van der Waals surface area contributed by atoms with Crippen molar-refractivity contribution in [3.05, 3.63) is 35.7 Å². The van der Waals surface area contributed by atoms with Crippen LogP contribution >= 0.6 is 0 Å². The van der Waals surface area contributed by atoms with E-state index in [0.29, 0.717) is 0 Å². The molecular weight excluding hydrogens is 392 g/mol. The fourth-order valence-electron chi connectivity index (χ4n) is 2.03. The highest BCUT2D eigenvalue weighted by Gasteiger charge is 2.25. The first-order chi connectivity index (χ1) is 13.1. The molecule has 0 bridgehead atoms. The maximum Gasteiger partial charge on any atom is 0.339 e. The molecule has 0 saturated heterocycles. The van der Waals surface area contributed by atoms with Crippen molar-refractivity contribution >= 4 is 39.8 Å². The van der Waals surface area contributed by atoms with Gasteiger partial charge in [-0.15, -0.1) is 0 Å². The predicted octanol–water partition coefficient (Wildman–Crippen LogP) is 0.435. The molecule has 0 aliphatic carbocycles. The Morgan fingerprint density at radius 2 is 1.61 bits per heavy atom. The average Bonchev–Trinajstić information content (AvgIpc) is 2.59. The van der Waals surface area contributed by atoms with Crippen LogP contribution in [0, 0.1) is 6.92 Å². The quantitative estimate of drug-likeness (QED) is 0.594. The molecule has 0 unspecified atom stereocenters. The first-order valence-electron chi connectivity index (χ1n) is 7.64. The van der Waals surface area contributed by atoms with Gasteiger partial charge in [0.25, 0.3) is 10.0 Å². The van der Waals surface area contributed by atoms with Gasteiger partial charge in [0.1, 0.15) is 10.7 Å². The van der Waals surface area contributed by atoms with Crippen LogP contribution in [-0.2, 0) is 19.6 Å². The number of aryl methyl sites for hydroxylation is 1. The number of sulfonamides is 1. The molecule has 0 saturated carbocycles. The van der Waals surface area contributed by atoms with Crippen molar-refractivity contribution in [3.63, 3.8) is 0 Å². The number of hydrogen-bond acceptors (Lipinski definition) is 9. The Morgan fingerprint density at radius 3 is 2.21 bits per heavy atom. The number of nitrogens with zero attached hydrogens (tertiary/aromatic N) is 3. The third-order valence-corrected chi connectivity index (χ3v) is 4.46. The zero-order valence-corrected chi connectivity index (χ0v) is 15.8. The highest BCUT2D eigenvalue weighted by atomic mass is 32.2. The summed E-state index contributed by atoms with van der Waals surface area (Å²) in [6, 6.07) is 4.03. The maximum absolute atomic E-state index is 12.5. The summed E-state index contributed by atoms with van der Waals surface area (Å²) >= 11 is 0. The van der Waals surface area contributed by atoms with E-state index in [0.717, 1.165) is 13.2 Å². The van der Waals surface area contributed by atoms with Crippen molar-refractivity contribution in [2.24, 2.45) is 0 Å². The Kier molecular flexibility index (Phi) is 6.20. The van der Waals surface area contributed by atoms with Crippen LogP contribution in [0.4, 0.5) is 16.7 Å². The lowest BCUT2D eigenvalue weighted by atomic mass is 10.2. The molecule has 1 aromatic carbocycles. The molecule has 13 heteroatoms. The standard InChI is InChI=1S/C15H16N6O6S/c1-8-16-13(18-9(2)22)19-14(17-8)20-15(24)21-28(25,26)11-7-5-4-6-10(11)12(23)27-3/h4-7H,1-3H3,(H3,16,17,18,19,20,21,22,24). The lowest BCUT2D eigenvalue weighted by Gasteiger charge is -2.11. The Balaban J connectivity index is 2.23. The molecule has 0 aliphatic rings. The van der Waals surface area contributed by atoms with Crippen LogP contribution in [-0.4, -0.2) is 48.4 Å². The number of urea groups is 1. The molecule has 12 nitrogen and oxygen atoms in total. The number of amides is 3. The van der Waals surface area contributed by atoms with Gasteiger partial charge in [-0.2, -0.15) is 15.0 Å². The molecule has 0 radical (unpaired) electrons. The summed E-state index contributed by atoms with van der Waals surface area (Å²) in [6.07, 6.45) is 0. The summed E-state index contributed by atoms with van der Waals surface area (Å²) in [5.41, 5.74) is -0.241. The fraction of sp³-hybridized carbons (Fsp3) is 0.200. The fourth-order valence-corrected chi connectivity index (χ4v) is 3.14. The molecule has 1 heterocycles. The first-order valence-corrected chi connectivity index (χ1v) is 9.12. The average molecular weight is 408 g/mol. The van der Waals surface area contributed by atoms with Crippen molar-refractivity contribution in [1.29, 1.82) is 0 Å². The minimum atomic E-state index is -4.41. The normalized spacial score (nSPS) is 10.7. The zero-order valence-electron chi connectivity index (χ0n) is 15.0. The van der Waals surface area contributed by atoms with Gasteiger partial charge in [-0.1, -0.05) is 12.1 Å².